The molecule has 0 spiro atoms. The van der Waals surface area contributed by atoms with E-state index in [2.05, 4.69) is 139 Å². The molecular formula is C48H57Br2ClN6. The van der Waals surface area contributed by atoms with Crippen LogP contribution in [0.15, 0.2) is 118 Å². The molecule has 8 rings (SSSR count). The van der Waals surface area contributed by atoms with Crippen LogP contribution in [0.4, 0.5) is 5.69 Å². The van der Waals surface area contributed by atoms with Crippen LogP contribution in [0.25, 0.3) is 44.3 Å². The topological polar surface area (TPSA) is 47.5 Å². The van der Waals surface area contributed by atoms with Gasteiger partial charge in [0, 0.05) is 61.7 Å². The number of piperidine rings is 2. The standard InChI is InChI=1S/C24H28BrN3.C15H9BrClN.C9H20N2/c1-3-27(4-2)20-13-15-28(16-14-20)24-17-23(18-9-11-19(25)12-10-18)26-22-8-6-5-7-21(22)24;16-11-7-5-10(6-8-11)15-9-13(17)12-3-1-2-4-14(12)18-15;1-3-11(4-2)9-5-7-10-8-6-9/h5-12,17,20H,3-4,13-16H2,1-2H3;1-9H;9-10H,3-8H2,1-2H3. The van der Waals surface area contributed by atoms with Crippen molar-refractivity contribution in [3.8, 4) is 22.5 Å². The maximum absolute atomic E-state index is 6.29. The maximum Gasteiger partial charge on any atom is 0.0730 e. The Balaban J connectivity index is 0.000000161. The van der Waals surface area contributed by atoms with E-state index in [0.717, 1.165) is 85.1 Å². The summed E-state index contributed by atoms with van der Waals surface area (Å²) in [6.07, 6.45) is 5.13. The lowest BCUT2D eigenvalue weighted by Crippen LogP contribution is -2.44. The second-order valence-electron chi connectivity index (χ2n) is 14.7. The number of nitrogens with one attached hydrogen (secondary N) is 1. The zero-order valence-electron chi connectivity index (χ0n) is 33.9. The first-order valence-electron chi connectivity index (χ1n) is 20.7. The Morgan fingerprint density at radius 3 is 1.54 bits per heavy atom. The van der Waals surface area contributed by atoms with Gasteiger partial charge in [0.2, 0.25) is 0 Å². The molecule has 0 amide bonds. The summed E-state index contributed by atoms with van der Waals surface area (Å²) in [5.74, 6) is 0. The molecule has 2 aliphatic heterocycles. The Bertz CT molecular complexity index is 2140. The van der Waals surface area contributed by atoms with Crippen molar-refractivity contribution in [1.82, 2.24) is 25.1 Å². The summed E-state index contributed by atoms with van der Waals surface area (Å²) in [4.78, 5) is 17.3. The second kappa shape index (κ2) is 21.6. The first-order valence-corrected chi connectivity index (χ1v) is 22.7. The predicted octanol–water partition coefficient (Wildman–Crippen LogP) is 12.4. The van der Waals surface area contributed by atoms with Gasteiger partial charge in [-0.3, -0.25) is 0 Å². The molecule has 0 bridgehead atoms. The van der Waals surface area contributed by atoms with Crippen molar-refractivity contribution in [2.75, 3.05) is 57.3 Å². The van der Waals surface area contributed by atoms with Gasteiger partial charge in [0.05, 0.1) is 27.4 Å². The van der Waals surface area contributed by atoms with E-state index in [9.17, 15) is 0 Å². The summed E-state index contributed by atoms with van der Waals surface area (Å²) in [5, 5.41) is 6.37. The van der Waals surface area contributed by atoms with Crippen molar-refractivity contribution in [2.45, 2.75) is 65.5 Å². The number of hydrogen-bond acceptors (Lipinski definition) is 6. The van der Waals surface area contributed by atoms with Crippen LogP contribution in [0.1, 0.15) is 53.4 Å². The van der Waals surface area contributed by atoms with E-state index in [0.29, 0.717) is 6.04 Å². The second-order valence-corrected chi connectivity index (χ2v) is 16.9. The van der Waals surface area contributed by atoms with E-state index in [1.54, 1.807) is 0 Å². The minimum atomic E-state index is 0.713. The van der Waals surface area contributed by atoms with E-state index < -0.39 is 0 Å². The summed E-state index contributed by atoms with van der Waals surface area (Å²) >= 11 is 13.3. The van der Waals surface area contributed by atoms with Crippen LogP contribution in [-0.2, 0) is 0 Å². The Hall–Kier alpha value is -3.37. The predicted molar refractivity (Wildman–Crippen MR) is 252 cm³/mol. The lowest BCUT2D eigenvalue weighted by molar-refractivity contribution is 0.178. The van der Waals surface area contributed by atoms with E-state index >= 15 is 0 Å². The quantitative estimate of drug-likeness (QED) is 0.156. The SMILES string of the molecule is CCN(CC)C1CCN(c2cc(-c3ccc(Br)cc3)nc3ccccc23)CC1.CCN(CC)C1CCNCC1.Clc1cc(-c2ccc(Br)cc2)nc2ccccc12. The van der Waals surface area contributed by atoms with Crippen LogP contribution < -0.4 is 10.2 Å². The summed E-state index contributed by atoms with van der Waals surface area (Å²) in [6, 6.07) is 38.7. The molecule has 0 unspecified atom stereocenters. The highest BCUT2D eigenvalue weighted by Crippen LogP contribution is 2.34. The van der Waals surface area contributed by atoms with Crippen LogP contribution in [0.2, 0.25) is 5.02 Å². The van der Waals surface area contributed by atoms with Gasteiger partial charge < -0.3 is 20.0 Å². The van der Waals surface area contributed by atoms with Gasteiger partial charge in [-0.2, -0.15) is 0 Å². The van der Waals surface area contributed by atoms with E-state index in [1.165, 1.54) is 62.9 Å². The molecule has 0 atom stereocenters. The van der Waals surface area contributed by atoms with Crippen LogP contribution >= 0.6 is 43.5 Å². The first-order chi connectivity index (χ1) is 27.8. The molecule has 6 nitrogen and oxygen atoms in total. The Morgan fingerprint density at radius 1 is 0.596 bits per heavy atom. The van der Waals surface area contributed by atoms with Gasteiger partial charge in [0.1, 0.15) is 0 Å². The largest absolute Gasteiger partial charge is 0.371 e. The van der Waals surface area contributed by atoms with Gasteiger partial charge in [0.25, 0.3) is 0 Å². The molecule has 2 aromatic heterocycles. The summed E-state index contributed by atoms with van der Waals surface area (Å²) in [5.41, 5.74) is 7.48. The fourth-order valence-corrected chi connectivity index (χ4v) is 9.00. The van der Waals surface area contributed by atoms with Crippen molar-refractivity contribution >= 4 is 71.0 Å². The zero-order chi connectivity index (χ0) is 40.1. The number of anilines is 1. The molecule has 2 fully saturated rings. The van der Waals surface area contributed by atoms with Crippen molar-refractivity contribution in [2.24, 2.45) is 0 Å². The third-order valence-electron chi connectivity index (χ3n) is 11.4. The lowest BCUT2D eigenvalue weighted by Gasteiger charge is -2.39. The van der Waals surface area contributed by atoms with Crippen molar-refractivity contribution in [3.05, 3.63) is 123 Å². The highest BCUT2D eigenvalue weighted by atomic mass is 79.9. The van der Waals surface area contributed by atoms with Gasteiger partial charge >= 0.3 is 0 Å². The van der Waals surface area contributed by atoms with Crippen LogP contribution in [0.5, 0.6) is 0 Å². The molecule has 9 heteroatoms. The van der Waals surface area contributed by atoms with Gasteiger partial charge in [-0.1, -0.05) is 132 Å². The lowest BCUT2D eigenvalue weighted by atomic mass is 10.0. The van der Waals surface area contributed by atoms with Crippen LogP contribution in [0, 0.1) is 0 Å². The molecule has 2 saturated heterocycles. The van der Waals surface area contributed by atoms with E-state index in [-0.39, 0.29) is 0 Å². The number of nitrogens with zero attached hydrogens (tertiary/aromatic N) is 5. The minimum absolute atomic E-state index is 0.713. The zero-order valence-corrected chi connectivity index (χ0v) is 37.8. The minimum Gasteiger partial charge on any atom is -0.371 e. The summed E-state index contributed by atoms with van der Waals surface area (Å²) in [6.45, 7) is 18.4. The van der Waals surface area contributed by atoms with E-state index in [4.69, 9.17) is 16.6 Å². The molecular weight excluding hydrogens is 856 g/mol. The molecule has 0 saturated carbocycles. The Labute approximate surface area is 362 Å². The van der Waals surface area contributed by atoms with Crippen molar-refractivity contribution in [1.29, 1.82) is 0 Å². The van der Waals surface area contributed by atoms with Gasteiger partial charge in [-0.15, -0.1) is 0 Å². The average molecular weight is 913 g/mol. The maximum atomic E-state index is 6.29. The number of rotatable bonds is 9. The number of halogens is 3. The molecule has 2 aliphatic rings. The summed E-state index contributed by atoms with van der Waals surface area (Å²) < 4.78 is 2.15. The molecule has 0 aliphatic carbocycles. The third kappa shape index (κ3) is 11.4. The fraction of sp³-hybridized carbons (Fsp3) is 0.375. The first kappa shape index (κ1) is 43.2. The Kier molecular flexibility index (Phi) is 16.4. The number of pyridine rings is 2. The Morgan fingerprint density at radius 2 is 1.04 bits per heavy atom. The fourth-order valence-electron chi connectivity index (χ4n) is 8.21. The highest BCUT2D eigenvalue weighted by Gasteiger charge is 2.24. The number of benzene rings is 4. The van der Waals surface area contributed by atoms with Crippen molar-refractivity contribution in [3.63, 3.8) is 0 Å². The van der Waals surface area contributed by atoms with Crippen molar-refractivity contribution < 1.29 is 0 Å². The summed E-state index contributed by atoms with van der Waals surface area (Å²) in [7, 11) is 0. The molecule has 4 heterocycles. The number of aromatic nitrogens is 2. The number of para-hydroxylation sites is 2. The molecule has 1 N–H and O–H groups in total. The molecule has 4 aromatic carbocycles. The molecule has 57 heavy (non-hydrogen) atoms. The third-order valence-corrected chi connectivity index (χ3v) is 12.8. The van der Waals surface area contributed by atoms with Gasteiger partial charge in [0.15, 0.2) is 0 Å². The molecule has 0 radical (unpaired) electrons. The molecule has 6 aromatic rings. The average Bonchev–Trinajstić information content (AvgIpc) is 3.26. The number of hydrogen-bond donors (Lipinski definition) is 1. The smallest absolute Gasteiger partial charge is 0.0730 e. The molecule has 300 valence electrons. The van der Waals surface area contributed by atoms with E-state index in [1.807, 2.05) is 54.6 Å². The van der Waals surface area contributed by atoms with Crippen LogP contribution in [-0.4, -0.2) is 84.2 Å². The van der Waals surface area contributed by atoms with Crippen LogP contribution in [0.3, 0.4) is 0 Å². The highest BCUT2D eigenvalue weighted by molar-refractivity contribution is 9.10. The van der Waals surface area contributed by atoms with Gasteiger partial charge in [-0.25, -0.2) is 9.97 Å². The van der Waals surface area contributed by atoms with Gasteiger partial charge in [-0.05, 0) is 113 Å². The normalized spacial score (nSPS) is 15.1. The number of fused-ring (bicyclic) bond motifs is 2. The monoisotopic (exact) mass is 910 g/mol.